The Balaban J connectivity index is 2.88. The molecule has 0 aliphatic carbocycles. The molecule has 0 fully saturated rings. The van der Waals surface area contributed by atoms with Gasteiger partial charge in [-0.15, -0.1) is 11.6 Å². The molecule has 0 heterocycles. The monoisotopic (exact) mass is 276 g/mol. The number of aliphatic hydroxyl groups excluding tert-OH is 1. The Bertz CT molecular complexity index is 468. The van der Waals surface area contributed by atoms with Crippen molar-refractivity contribution < 1.29 is 13.5 Å². The van der Waals surface area contributed by atoms with Gasteiger partial charge >= 0.3 is 0 Å². The molecule has 1 N–H and O–H groups in total. The SMILES string of the molecule is Cc1cccc(S(=O)(=O)C(Cl)CCC(C)O)c1. The normalized spacial score (nSPS) is 15.5. The minimum atomic E-state index is -3.50. The summed E-state index contributed by atoms with van der Waals surface area (Å²) in [4.78, 5) is 0.239. The van der Waals surface area contributed by atoms with E-state index in [-0.39, 0.29) is 11.3 Å². The summed E-state index contributed by atoms with van der Waals surface area (Å²) in [7, 11) is -3.50. The van der Waals surface area contributed by atoms with Gasteiger partial charge in [-0.1, -0.05) is 12.1 Å². The topological polar surface area (TPSA) is 54.4 Å². The standard InChI is InChI=1S/C12H17ClO3S/c1-9-4-3-5-11(8-9)17(15,16)12(13)7-6-10(2)14/h3-5,8,10,12,14H,6-7H2,1-2H3. The maximum atomic E-state index is 12.1. The van der Waals surface area contributed by atoms with Gasteiger partial charge in [0.1, 0.15) is 4.71 Å². The molecule has 1 aromatic carbocycles. The number of hydrogen-bond donors (Lipinski definition) is 1. The number of benzene rings is 1. The predicted octanol–water partition coefficient (Wildman–Crippen LogP) is 2.49. The van der Waals surface area contributed by atoms with E-state index in [9.17, 15) is 8.42 Å². The smallest absolute Gasteiger partial charge is 0.195 e. The van der Waals surface area contributed by atoms with Gasteiger partial charge in [-0.3, -0.25) is 0 Å². The van der Waals surface area contributed by atoms with Gasteiger partial charge in [-0.2, -0.15) is 0 Å². The van der Waals surface area contributed by atoms with Crippen molar-refractivity contribution in [3.05, 3.63) is 29.8 Å². The van der Waals surface area contributed by atoms with E-state index in [1.54, 1.807) is 25.1 Å². The number of halogens is 1. The van der Waals surface area contributed by atoms with Gasteiger partial charge in [-0.05, 0) is 44.4 Å². The highest BCUT2D eigenvalue weighted by atomic mass is 35.5. The summed E-state index contributed by atoms with van der Waals surface area (Å²) < 4.78 is 23.2. The molecule has 0 saturated heterocycles. The minimum absolute atomic E-state index is 0.239. The predicted molar refractivity (Wildman–Crippen MR) is 68.9 cm³/mol. The van der Waals surface area contributed by atoms with Crippen molar-refractivity contribution in [2.45, 2.75) is 42.4 Å². The van der Waals surface area contributed by atoms with E-state index < -0.39 is 20.7 Å². The van der Waals surface area contributed by atoms with Crippen LogP contribution in [0.1, 0.15) is 25.3 Å². The van der Waals surface area contributed by atoms with E-state index in [1.807, 2.05) is 13.0 Å². The Morgan fingerprint density at radius 3 is 2.53 bits per heavy atom. The lowest BCUT2D eigenvalue weighted by atomic mass is 10.2. The first kappa shape index (κ1) is 14.5. The third kappa shape index (κ3) is 3.98. The summed E-state index contributed by atoms with van der Waals surface area (Å²) in [5, 5.41) is 9.13. The first-order chi connectivity index (χ1) is 7.84. The van der Waals surface area contributed by atoms with Crippen molar-refractivity contribution in [2.24, 2.45) is 0 Å². The summed E-state index contributed by atoms with van der Waals surface area (Å²) >= 11 is 5.90. The van der Waals surface area contributed by atoms with Gasteiger partial charge in [0.2, 0.25) is 0 Å². The molecule has 0 bridgehead atoms. The van der Waals surface area contributed by atoms with E-state index in [0.717, 1.165) is 5.56 Å². The third-order valence-electron chi connectivity index (χ3n) is 2.47. The van der Waals surface area contributed by atoms with Crippen LogP contribution in [0.15, 0.2) is 29.2 Å². The highest BCUT2D eigenvalue weighted by Crippen LogP contribution is 2.23. The zero-order valence-electron chi connectivity index (χ0n) is 9.93. The fourth-order valence-electron chi connectivity index (χ4n) is 1.47. The first-order valence-corrected chi connectivity index (χ1v) is 7.45. The van der Waals surface area contributed by atoms with Crippen LogP contribution in [-0.4, -0.2) is 24.3 Å². The van der Waals surface area contributed by atoms with Gasteiger partial charge in [0.15, 0.2) is 9.84 Å². The van der Waals surface area contributed by atoms with Gasteiger partial charge in [0, 0.05) is 0 Å². The highest BCUT2D eigenvalue weighted by Gasteiger charge is 2.25. The molecule has 0 aromatic heterocycles. The summed E-state index contributed by atoms with van der Waals surface area (Å²) in [5.41, 5.74) is 0.880. The van der Waals surface area contributed by atoms with Crippen LogP contribution in [0.25, 0.3) is 0 Å². The fraction of sp³-hybridized carbons (Fsp3) is 0.500. The fourth-order valence-corrected chi connectivity index (χ4v) is 3.26. The van der Waals surface area contributed by atoms with E-state index in [4.69, 9.17) is 16.7 Å². The highest BCUT2D eigenvalue weighted by molar-refractivity contribution is 7.93. The number of aliphatic hydroxyl groups is 1. The molecule has 2 unspecified atom stereocenters. The van der Waals surface area contributed by atoms with Crippen LogP contribution in [0.2, 0.25) is 0 Å². The maximum absolute atomic E-state index is 12.1. The van der Waals surface area contributed by atoms with Crippen molar-refractivity contribution in [3.63, 3.8) is 0 Å². The summed E-state index contributed by atoms with van der Waals surface area (Å²) in [6.45, 7) is 3.45. The van der Waals surface area contributed by atoms with Crippen LogP contribution < -0.4 is 0 Å². The Morgan fingerprint density at radius 1 is 1.35 bits per heavy atom. The second-order valence-electron chi connectivity index (χ2n) is 4.20. The molecule has 0 aliphatic rings. The Kier molecular flexibility index (Phi) is 4.98. The van der Waals surface area contributed by atoms with E-state index in [2.05, 4.69) is 0 Å². The number of aryl methyl sites for hydroxylation is 1. The molecule has 1 rings (SSSR count). The third-order valence-corrected chi connectivity index (χ3v) is 5.21. The van der Waals surface area contributed by atoms with Crippen LogP contribution in [0, 0.1) is 6.92 Å². The molecule has 0 aliphatic heterocycles. The van der Waals surface area contributed by atoms with E-state index in [0.29, 0.717) is 6.42 Å². The minimum Gasteiger partial charge on any atom is -0.393 e. The molecule has 2 atom stereocenters. The van der Waals surface area contributed by atoms with Gasteiger partial charge < -0.3 is 5.11 Å². The second-order valence-corrected chi connectivity index (χ2v) is 7.11. The Morgan fingerprint density at radius 2 is 2.00 bits per heavy atom. The van der Waals surface area contributed by atoms with Gasteiger partial charge in [0.25, 0.3) is 0 Å². The van der Waals surface area contributed by atoms with E-state index in [1.165, 1.54) is 0 Å². The summed E-state index contributed by atoms with van der Waals surface area (Å²) in [5.74, 6) is 0. The lowest BCUT2D eigenvalue weighted by Crippen LogP contribution is -2.17. The van der Waals surface area contributed by atoms with Crippen molar-refractivity contribution in [2.75, 3.05) is 0 Å². The molecular weight excluding hydrogens is 260 g/mol. The zero-order valence-corrected chi connectivity index (χ0v) is 11.5. The maximum Gasteiger partial charge on any atom is 0.195 e. The van der Waals surface area contributed by atoms with Crippen LogP contribution in [0.5, 0.6) is 0 Å². The van der Waals surface area contributed by atoms with Crippen LogP contribution in [0.3, 0.4) is 0 Å². The zero-order chi connectivity index (χ0) is 13.1. The van der Waals surface area contributed by atoms with Crippen molar-refractivity contribution in [1.29, 1.82) is 0 Å². The lowest BCUT2D eigenvalue weighted by molar-refractivity contribution is 0.183. The molecule has 0 saturated carbocycles. The molecule has 1 aromatic rings. The Labute approximate surface area is 107 Å². The molecule has 0 radical (unpaired) electrons. The van der Waals surface area contributed by atoms with Crippen molar-refractivity contribution in [3.8, 4) is 0 Å². The molecule has 5 heteroatoms. The average molecular weight is 277 g/mol. The average Bonchev–Trinajstić information content (AvgIpc) is 2.25. The van der Waals surface area contributed by atoms with Crippen LogP contribution >= 0.6 is 11.6 Å². The number of rotatable bonds is 5. The van der Waals surface area contributed by atoms with E-state index >= 15 is 0 Å². The second kappa shape index (κ2) is 5.85. The molecular formula is C12H17ClO3S. The van der Waals surface area contributed by atoms with Crippen molar-refractivity contribution in [1.82, 2.24) is 0 Å². The Hall–Kier alpha value is -0.580. The molecule has 0 spiro atoms. The van der Waals surface area contributed by atoms with Gasteiger partial charge in [0.05, 0.1) is 11.0 Å². The quantitative estimate of drug-likeness (QED) is 0.841. The molecule has 17 heavy (non-hydrogen) atoms. The van der Waals surface area contributed by atoms with Crippen LogP contribution in [0.4, 0.5) is 0 Å². The number of sulfone groups is 1. The molecule has 0 amide bonds. The largest absolute Gasteiger partial charge is 0.393 e. The number of alkyl halides is 1. The van der Waals surface area contributed by atoms with Crippen LogP contribution in [-0.2, 0) is 9.84 Å². The lowest BCUT2D eigenvalue weighted by Gasteiger charge is -2.12. The summed E-state index contributed by atoms with van der Waals surface area (Å²) in [6.07, 6.45) is 0.0818. The molecule has 3 nitrogen and oxygen atoms in total. The van der Waals surface area contributed by atoms with Gasteiger partial charge in [-0.25, -0.2) is 8.42 Å². The van der Waals surface area contributed by atoms with Crippen molar-refractivity contribution >= 4 is 21.4 Å². The first-order valence-electron chi connectivity index (χ1n) is 5.46. The summed E-state index contributed by atoms with van der Waals surface area (Å²) in [6, 6.07) is 6.67. The molecule has 96 valence electrons. The number of hydrogen-bond acceptors (Lipinski definition) is 3.